The number of piperidine rings is 1. The highest BCUT2D eigenvalue weighted by atomic mass is 16.1. The number of rotatable bonds is 4. The molecule has 0 bridgehead atoms. The lowest BCUT2D eigenvalue weighted by molar-refractivity contribution is -0.127. The maximum atomic E-state index is 11.6. The molecule has 1 saturated heterocycles. The normalized spacial score (nSPS) is 21.6. The molecule has 1 aliphatic rings. The molecule has 3 N–H and O–H groups in total. The van der Waals surface area contributed by atoms with Gasteiger partial charge in [-0.05, 0) is 40.5 Å². The third-order valence-electron chi connectivity index (χ3n) is 3.42. The molecule has 4 heteroatoms. The van der Waals surface area contributed by atoms with Crippen LogP contribution < -0.4 is 11.1 Å². The lowest BCUT2D eigenvalue weighted by Crippen LogP contribution is -2.62. The fraction of sp³-hybridized carbons (Fsp3) is 0.917. The Hall–Kier alpha value is -0.610. The van der Waals surface area contributed by atoms with E-state index < -0.39 is 5.54 Å². The zero-order valence-corrected chi connectivity index (χ0v) is 10.9. The predicted octanol–water partition coefficient (Wildman–Crippen LogP) is 0.713. The van der Waals surface area contributed by atoms with Crippen LogP contribution in [0.2, 0.25) is 0 Å². The van der Waals surface area contributed by atoms with Gasteiger partial charge in [-0.3, -0.25) is 4.79 Å². The molecule has 0 aromatic rings. The third kappa shape index (κ3) is 2.95. The summed E-state index contributed by atoms with van der Waals surface area (Å²) in [6.07, 6.45) is 1.64. The summed E-state index contributed by atoms with van der Waals surface area (Å²) in [5.41, 5.74) is 5.07. The molecule has 0 aromatic heterocycles. The van der Waals surface area contributed by atoms with Gasteiger partial charge in [0.1, 0.15) is 5.54 Å². The van der Waals surface area contributed by atoms with Gasteiger partial charge in [-0.1, -0.05) is 0 Å². The predicted molar refractivity (Wildman–Crippen MR) is 66.1 cm³/mol. The molecule has 16 heavy (non-hydrogen) atoms. The van der Waals surface area contributed by atoms with Crippen molar-refractivity contribution in [2.45, 2.75) is 58.2 Å². The summed E-state index contributed by atoms with van der Waals surface area (Å²) in [6, 6.07) is 0.836. The zero-order valence-electron chi connectivity index (χ0n) is 10.9. The minimum absolute atomic E-state index is 0.204. The zero-order chi connectivity index (χ0) is 12.3. The van der Waals surface area contributed by atoms with Crippen LogP contribution in [-0.4, -0.2) is 41.5 Å². The smallest absolute Gasteiger partial charge is 0.237 e. The fourth-order valence-corrected chi connectivity index (χ4v) is 2.44. The Labute approximate surface area is 98.6 Å². The number of carbonyl (C=O) groups excluding carboxylic acids is 1. The highest BCUT2D eigenvalue weighted by Gasteiger charge is 2.40. The quantitative estimate of drug-likeness (QED) is 0.744. The average Bonchev–Trinajstić information content (AvgIpc) is 2.17. The van der Waals surface area contributed by atoms with E-state index in [1.807, 2.05) is 0 Å². The van der Waals surface area contributed by atoms with Crippen molar-refractivity contribution in [3.8, 4) is 0 Å². The van der Waals surface area contributed by atoms with Crippen molar-refractivity contribution < 1.29 is 4.79 Å². The van der Waals surface area contributed by atoms with Gasteiger partial charge < -0.3 is 16.0 Å². The van der Waals surface area contributed by atoms with Gasteiger partial charge in [0.05, 0.1) is 0 Å². The van der Waals surface area contributed by atoms with E-state index >= 15 is 0 Å². The summed E-state index contributed by atoms with van der Waals surface area (Å²) in [7, 11) is 0. The van der Waals surface area contributed by atoms with Crippen LogP contribution in [0, 0.1) is 0 Å². The number of hydrogen-bond donors (Lipinski definition) is 2. The Bertz CT molecular complexity index is 243. The molecule has 0 aliphatic carbocycles. The van der Waals surface area contributed by atoms with Crippen molar-refractivity contribution >= 4 is 5.91 Å². The molecule has 1 aliphatic heterocycles. The molecular formula is C12H25N3O. The molecule has 0 spiro atoms. The van der Waals surface area contributed by atoms with Crippen LogP contribution in [-0.2, 0) is 4.79 Å². The topological polar surface area (TPSA) is 58.4 Å². The second-order valence-corrected chi connectivity index (χ2v) is 5.38. The van der Waals surface area contributed by atoms with Gasteiger partial charge >= 0.3 is 0 Å². The molecule has 0 unspecified atom stereocenters. The van der Waals surface area contributed by atoms with Crippen LogP contribution >= 0.6 is 0 Å². The van der Waals surface area contributed by atoms with Crippen LogP contribution in [0.25, 0.3) is 0 Å². The van der Waals surface area contributed by atoms with Gasteiger partial charge in [-0.25, -0.2) is 0 Å². The summed E-state index contributed by atoms with van der Waals surface area (Å²) in [5, 5.41) is 3.35. The number of likely N-dealkylation sites (tertiary alicyclic amines) is 1. The molecule has 4 nitrogen and oxygen atoms in total. The second-order valence-electron chi connectivity index (χ2n) is 5.38. The highest BCUT2D eigenvalue weighted by Crippen LogP contribution is 2.24. The van der Waals surface area contributed by atoms with Crippen LogP contribution in [0.4, 0.5) is 0 Å². The Morgan fingerprint density at radius 2 is 1.75 bits per heavy atom. The summed E-state index contributed by atoms with van der Waals surface area (Å²) < 4.78 is 0. The van der Waals surface area contributed by atoms with E-state index in [0.29, 0.717) is 6.04 Å². The first-order valence-electron chi connectivity index (χ1n) is 6.19. The van der Waals surface area contributed by atoms with Crippen molar-refractivity contribution in [1.29, 1.82) is 0 Å². The lowest BCUT2D eigenvalue weighted by atomic mass is 9.85. The number of primary amides is 1. The SMILES string of the molecule is CC(C)NC1(C(N)=O)CCN(C(C)C)CC1. The number of nitrogens with two attached hydrogens (primary N) is 1. The van der Waals surface area contributed by atoms with E-state index in [1.54, 1.807) is 0 Å². The van der Waals surface area contributed by atoms with Crippen LogP contribution in [0.5, 0.6) is 0 Å². The van der Waals surface area contributed by atoms with Gasteiger partial charge in [0.15, 0.2) is 0 Å². The Kier molecular flexibility index (Phi) is 4.33. The van der Waals surface area contributed by atoms with Gasteiger partial charge in [0.2, 0.25) is 5.91 Å². The summed E-state index contributed by atoms with van der Waals surface area (Å²) in [4.78, 5) is 14.0. The summed E-state index contributed by atoms with van der Waals surface area (Å²) >= 11 is 0. The molecule has 1 heterocycles. The molecule has 1 amide bonds. The van der Waals surface area contributed by atoms with E-state index in [-0.39, 0.29) is 11.9 Å². The monoisotopic (exact) mass is 227 g/mol. The van der Waals surface area contributed by atoms with E-state index in [1.165, 1.54) is 0 Å². The lowest BCUT2D eigenvalue weighted by Gasteiger charge is -2.42. The average molecular weight is 227 g/mol. The van der Waals surface area contributed by atoms with Crippen LogP contribution in [0.1, 0.15) is 40.5 Å². The van der Waals surface area contributed by atoms with Crippen LogP contribution in [0.3, 0.4) is 0 Å². The Morgan fingerprint density at radius 1 is 1.25 bits per heavy atom. The maximum absolute atomic E-state index is 11.6. The van der Waals surface area contributed by atoms with Crippen molar-refractivity contribution in [3.63, 3.8) is 0 Å². The maximum Gasteiger partial charge on any atom is 0.237 e. The molecule has 1 rings (SSSR count). The third-order valence-corrected chi connectivity index (χ3v) is 3.42. The molecule has 0 aromatic carbocycles. The Balaban J connectivity index is 2.66. The van der Waals surface area contributed by atoms with Crippen molar-refractivity contribution in [1.82, 2.24) is 10.2 Å². The largest absolute Gasteiger partial charge is 0.368 e. The number of carbonyl (C=O) groups is 1. The Morgan fingerprint density at radius 3 is 2.06 bits per heavy atom. The van der Waals surface area contributed by atoms with E-state index in [4.69, 9.17) is 5.73 Å². The first kappa shape index (κ1) is 13.5. The standard InChI is InChI=1S/C12H25N3O/c1-9(2)14-12(11(13)16)5-7-15(8-6-12)10(3)4/h9-10,14H,5-8H2,1-4H3,(H2,13,16). The summed E-state index contributed by atoms with van der Waals surface area (Å²) in [5.74, 6) is -0.204. The highest BCUT2D eigenvalue weighted by molar-refractivity contribution is 5.84. The van der Waals surface area contributed by atoms with E-state index in [9.17, 15) is 4.79 Å². The van der Waals surface area contributed by atoms with Gasteiger partial charge in [-0.15, -0.1) is 0 Å². The van der Waals surface area contributed by atoms with E-state index in [2.05, 4.69) is 37.9 Å². The molecule has 94 valence electrons. The number of nitrogens with one attached hydrogen (secondary N) is 1. The molecular weight excluding hydrogens is 202 g/mol. The molecule has 0 atom stereocenters. The van der Waals surface area contributed by atoms with Gasteiger partial charge in [0, 0.05) is 25.2 Å². The van der Waals surface area contributed by atoms with Crippen molar-refractivity contribution in [3.05, 3.63) is 0 Å². The van der Waals surface area contributed by atoms with Crippen molar-refractivity contribution in [2.24, 2.45) is 5.73 Å². The second kappa shape index (κ2) is 5.15. The molecule has 1 fully saturated rings. The van der Waals surface area contributed by atoms with Crippen molar-refractivity contribution in [2.75, 3.05) is 13.1 Å². The molecule has 0 radical (unpaired) electrons. The number of hydrogen-bond acceptors (Lipinski definition) is 3. The first-order chi connectivity index (χ1) is 7.37. The minimum atomic E-state index is -0.487. The fourth-order valence-electron chi connectivity index (χ4n) is 2.44. The van der Waals surface area contributed by atoms with Crippen LogP contribution in [0.15, 0.2) is 0 Å². The van der Waals surface area contributed by atoms with Gasteiger partial charge in [-0.2, -0.15) is 0 Å². The number of nitrogens with zero attached hydrogens (tertiary/aromatic N) is 1. The minimum Gasteiger partial charge on any atom is -0.368 e. The molecule has 0 saturated carbocycles. The first-order valence-corrected chi connectivity index (χ1v) is 6.19. The van der Waals surface area contributed by atoms with E-state index in [0.717, 1.165) is 25.9 Å². The van der Waals surface area contributed by atoms with Gasteiger partial charge in [0.25, 0.3) is 0 Å². The summed E-state index contributed by atoms with van der Waals surface area (Å²) in [6.45, 7) is 10.4. The number of amides is 1.